The molecule has 1 amide bonds. The van der Waals surface area contributed by atoms with Crippen LogP contribution in [-0.4, -0.2) is 5.91 Å². The van der Waals surface area contributed by atoms with Gasteiger partial charge in [-0.25, -0.2) is 0 Å². The van der Waals surface area contributed by atoms with Gasteiger partial charge >= 0.3 is 0 Å². The summed E-state index contributed by atoms with van der Waals surface area (Å²) in [7, 11) is 0. The molecule has 2 N–H and O–H groups in total. The highest BCUT2D eigenvalue weighted by atomic mass is 16.1. The van der Waals surface area contributed by atoms with Crippen molar-refractivity contribution in [1.29, 1.82) is 0 Å². The molecule has 2 aromatic carbocycles. The van der Waals surface area contributed by atoms with E-state index in [1.165, 1.54) is 11.1 Å². The third-order valence-corrected chi connectivity index (χ3v) is 4.18. The highest BCUT2D eigenvalue weighted by molar-refractivity contribution is 6.12. The highest BCUT2D eigenvalue weighted by Gasteiger charge is 2.20. The SMILES string of the molecule is CC(C)c1ccc2c(c1)NC(=O)c1cc(C(C)C)ccc1N2. The topological polar surface area (TPSA) is 41.1 Å². The third kappa shape index (κ3) is 2.59. The van der Waals surface area contributed by atoms with E-state index in [0.717, 1.165) is 17.1 Å². The van der Waals surface area contributed by atoms with Crippen molar-refractivity contribution in [1.82, 2.24) is 0 Å². The Morgan fingerprint density at radius 3 is 1.95 bits per heavy atom. The maximum Gasteiger partial charge on any atom is 0.257 e. The second kappa shape index (κ2) is 5.48. The van der Waals surface area contributed by atoms with Crippen LogP contribution < -0.4 is 10.6 Å². The molecule has 22 heavy (non-hydrogen) atoms. The van der Waals surface area contributed by atoms with Gasteiger partial charge in [0.15, 0.2) is 0 Å². The van der Waals surface area contributed by atoms with Crippen LogP contribution in [0, 0.1) is 0 Å². The smallest absolute Gasteiger partial charge is 0.257 e. The molecule has 3 rings (SSSR count). The predicted molar refractivity (Wildman–Crippen MR) is 92.3 cm³/mol. The molecule has 0 spiro atoms. The van der Waals surface area contributed by atoms with E-state index >= 15 is 0 Å². The van der Waals surface area contributed by atoms with Crippen molar-refractivity contribution >= 4 is 23.0 Å². The van der Waals surface area contributed by atoms with E-state index in [0.29, 0.717) is 17.4 Å². The van der Waals surface area contributed by atoms with Gasteiger partial charge in [0.25, 0.3) is 5.91 Å². The fraction of sp³-hybridized carbons (Fsp3) is 0.316. The van der Waals surface area contributed by atoms with Gasteiger partial charge in [-0.3, -0.25) is 4.79 Å². The Bertz CT molecular complexity index is 732. The first-order valence-electron chi connectivity index (χ1n) is 7.82. The Morgan fingerprint density at radius 1 is 0.727 bits per heavy atom. The maximum absolute atomic E-state index is 12.6. The van der Waals surface area contributed by atoms with Crippen LogP contribution in [0.1, 0.15) is 61.0 Å². The van der Waals surface area contributed by atoms with Crippen molar-refractivity contribution in [2.24, 2.45) is 0 Å². The van der Waals surface area contributed by atoms with Crippen LogP contribution in [0.15, 0.2) is 36.4 Å². The summed E-state index contributed by atoms with van der Waals surface area (Å²) in [5.74, 6) is 0.779. The van der Waals surface area contributed by atoms with Crippen LogP contribution in [0.25, 0.3) is 0 Å². The molecule has 1 aliphatic heterocycles. The molecule has 0 saturated carbocycles. The van der Waals surface area contributed by atoms with Gasteiger partial charge < -0.3 is 10.6 Å². The van der Waals surface area contributed by atoms with Crippen molar-refractivity contribution in [3.63, 3.8) is 0 Å². The van der Waals surface area contributed by atoms with Crippen LogP contribution in [0.4, 0.5) is 17.1 Å². The largest absolute Gasteiger partial charge is 0.353 e. The second-order valence-corrected chi connectivity index (χ2v) is 6.50. The lowest BCUT2D eigenvalue weighted by molar-refractivity contribution is 0.102. The van der Waals surface area contributed by atoms with Gasteiger partial charge in [-0.15, -0.1) is 0 Å². The van der Waals surface area contributed by atoms with E-state index in [1.54, 1.807) is 0 Å². The average Bonchev–Trinajstić information content (AvgIpc) is 2.61. The second-order valence-electron chi connectivity index (χ2n) is 6.50. The van der Waals surface area contributed by atoms with Crippen molar-refractivity contribution in [2.75, 3.05) is 10.6 Å². The minimum absolute atomic E-state index is 0.0512. The number of benzene rings is 2. The lowest BCUT2D eigenvalue weighted by atomic mass is 9.99. The molecule has 1 aliphatic rings. The summed E-state index contributed by atoms with van der Waals surface area (Å²) in [5, 5.41) is 6.42. The summed E-state index contributed by atoms with van der Waals surface area (Å²) >= 11 is 0. The lowest BCUT2D eigenvalue weighted by Crippen LogP contribution is -2.11. The van der Waals surface area contributed by atoms with E-state index < -0.39 is 0 Å². The Labute approximate surface area is 131 Å². The standard InChI is InChI=1S/C19H22N2O/c1-11(2)13-5-7-16-15(9-13)19(22)21-18-10-14(12(3)4)6-8-17(18)20-16/h5-12,20H,1-4H3,(H,21,22). The molecule has 2 aromatic rings. The quantitative estimate of drug-likeness (QED) is 0.795. The van der Waals surface area contributed by atoms with E-state index in [9.17, 15) is 4.79 Å². The highest BCUT2D eigenvalue weighted by Crippen LogP contribution is 2.35. The van der Waals surface area contributed by atoms with E-state index in [-0.39, 0.29) is 5.91 Å². The van der Waals surface area contributed by atoms with Crippen molar-refractivity contribution in [2.45, 2.75) is 39.5 Å². The van der Waals surface area contributed by atoms with E-state index in [1.807, 2.05) is 18.2 Å². The normalized spacial score (nSPS) is 13.3. The monoisotopic (exact) mass is 294 g/mol. The molecule has 3 nitrogen and oxygen atoms in total. The van der Waals surface area contributed by atoms with Gasteiger partial charge in [0.2, 0.25) is 0 Å². The molecule has 0 fully saturated rings. The molecular formula is C19H22N2O. The predicted octanol–water partition coefficient (Wildman–Crippen LogP) is 5.24. The first-order valence-corrected chi connectivity index (χ1v) is 7.82. The van der Waals surface area contributed by atoms with Gasteiger partial charge in [0.1, 0.15) is 0 Å². The Balaban J connectivity index is 2.05. The van der Waals surface area contributed by atoms with Crippen molar-refractivity contribution in [3.05, 3.63) is 53.1 Å². The van der Waals surface area contributed by atoms with Gasteiger partial charge in [-0.05, 0) is 47.2 Å². The lowest BCUT2D eigenvalue weighted by Gasteiger charge is -2.12. The zero-order valence-electron chi connectivity index (χ0n) is 13.5. The maximum atomic E-state index is 12.6. The summed E-state index contributed by atoms with van der Waals surface area (Å²) in [5.41, 5.74) is 5.73. The summed E-state index contributed by atoms with van der Waals surface area (Å²) < 4.78 is 0. The first-order chi connectivity index (χ1) is 10.5. The van der Waals surface area contributed by atoms with E-state index in [2.05, 4.69) is 56.5 Å². The molecule has 0 bridgehead atoms. The number of carbonyl (C=O) groups excluding carboxylic acids is 1. The minimum Gasteiger partial charge on any atom is -0.353 e. The third-order valence-electron chi connectivity index (χ3n) is 4.18. The summed E-state index contributed by atoms with van der Waals surface area (Å²) in [6.45, 7) is 8.57. The van der Waals surface area contributed by atoms with Crippen LogP contribution in [0.5, 0.6) is 0 Å². The molecular weight excluding hydrogens is 272 g/mol. The number of hydrogen-bond acceptors (Lipinski definition) is 2. The first kappa shape index (κ1) is 14.6. The number of anilines is 3. The number of carbonyl (C=O) groups is 1. The van der Waals surface area contributed by atoms with Crippen LogP contribution in [0.3, 0.4) is 0 Å². The summed E-state index contributed by atoms with van der Waals surface area (Å²) in [6.07, 6.45) is 0. The molecule has 0 atom stereocenters. The molecule has 3 heteroatoms. The van der Waals surface area contributed by atoms with Gasteiger partial charge in [0, 0.05) is 0 Å². The number of amides is 1. The van der Waals surface area contributed by atoms with E-state index in [4.69, 9.17) is 0 Å². The zero-order valence-corrected chi connectivity index (χ0v) is 13.5. The van der Waals surface area contributed by atoms with Crippen molar-refractivity contribution < 1.29 is 4.79 Å². The number of rotatable bonds is 2. The Kier molecular flexibility index (Phi) is 3.65. The van der Waals surface area contributed by atoms with Gasteiger partial charge in [0.05, 0.1) is 22.6 Å². The van der Waals surface area contributed by atoms with Gasteiger partial charge in [-0.2, -0.15) is 0 Å². The number of fused-ring (bicyclic) bond motifs is 2. The summed E-state index contributed by atoms with van der Waals surface area (Å²) in [4.78, 5) is 12.6. The number of nitrogens with one attached hydrogen (secondary N) is 2. The molecule has 0 aliphatic carbocycles. The van der Waals surface area contributed by atoms with Crippen molar-refractivity contribution in [3.8, 4) is 0 Å². The molecule has 114 valence electrons. The van der Waals surface area contributed by atoms with Crippen LogP contribution in [0.2, 0.25) is 0 Å². The number of hydrogen-bond donors (Lipinski definition) is 2. The Morgan fingerprint density at radius 2 is 1.32 bits per heavy atom. The molecule has 1 heterocycles. The summed E-state index contributed by atoms with van der Waals surface area (Å²) in [6, 6.07) is 12.3. The molecule has 0 radical (unpaired) electrons. The zero-order chi connectivity index (χ0) is 15.9. The fourth-order valence-electron chi connectivity index (χ4n) is 2.69. The van der Waals surface area contributed by atoms with Crippen LogP contribution in [-0.2, 0) is 0 Å². The van der Waals surface area contributed by atoms with Crippen LogP contribution >= 0.6 is 0 Å². The fourth-order valence-corrected chi connectivity index (χ4v) is 2.69. The molecule has 0 saturated heterocycles. The molecule has 0 unspecified atom stereocenters. The molecule has 0 aromatic heterocycles. The average molecular weight is 294 g/mol. The Hall–Kier alpha value is -2.29. The minimum atomic E-state index is -0.0512. The van der Waals surface area contributed by atoms with Gasteiger partial charge in [-0.1, -0.05) is 39.8 Å².